The van der Waals surface area contributed by atoms with Crippen LogP contribution in [0.1, 0.15) is 64.5 Å². The summed E-state index contributed by atoms with van der Waals surface area (Å²) in [6.45, 7) is 13.5. The smallest absolute Gasteiger partial charge is 0.217 e. The standard InChI is InChI=1S/C22H36N2O2/c1-15(2)14-24-12-11-22(17(4)18(24)5,10-6-7-21(23)26)20-13-19(25)9-8-16(20)3/h8-9,13,15,17-18,25H,6-7,10-12,14H2,1-5H3,(H2,23,26)/t17-,18+,22+/m0/s1. The number of nitrogens with two attached hydrogens (primary N) is 1. The zero-order valence-corrected chi connectivity index (χ0v) is 17.1. The number of piperidine rings is 1. The van der Waals surface area contributed by atoms with Crippen LogP contribution in [-0.2, 0) is 10.2 Å². The van der Waals surface area contributed by atoms with E-state index in [4.69, 9.17) is 5.73 Å². The number of primary amides is 1. The number of amides is 1. The summed E-state index contributed by atoms with van der Waals surface area (Å²) in [6.07, 6.45) is 3.21. The van der Waals surface area contributed by atoms with Crippen LogP contribution < -0.4 is 5.73 Å². The molecule has 0 bridgehead atoms. The van der Waals surface area contributed by atoms with Gasteiger partial charge in [0.15, 0.2) is 0 Å². The maximum absolute atomic E-state index is 11.3. The number of phenols is 1. The lowest BCUT2D eigenvalue weighted by Crippen LogP contribution is -2.55. The lowest BCUT2D eigenvalue weighted by atomic mass is 9.60. The second-order valence-corrected chi connectivity index (χ2v) is 8.64. The Bertz CT molecular complexity index is 629. The fourth-order valence-electron chi connectivity index (χ4n) is 4.87. The number of hydrogen-bond acceptors (Lipinski definition) is 3. The van der Waals surface area contributed by atoms with E-state index < -0.39 is 0 Å². The first kappa shape index (κ1) is 20.8. The van der Waals surface area contributed by atoms with Gasteiger partial charge in [-0.1, -0.05) is 26.8 Å². The Morgan fingerprint density at radius 3 is 2.69 bits per heavy atom. The summed E-state index contributed by atoms with van der Waals surface area (Å²) in [5.74, 6) is 1.17. The van der Waals surface area contributed by atoms with Gasteiger partial charge >= 0.3 is 0 Å². The largest absolute Gasteiger partial charge is 0.508 e. The highest BCUT2D eigenvalue weighted by atomic mass is 16.3. The summed E-state index contributed by atoms with van der Waals surface area (Å²) < 4.78 is 0. The molecule has 4 nitrogen and oxygen atoms in total. The van der Waals surface area contributed by atoms with E-state index in [9.17, 15) is 9.90 Å². The molecule has 0 aliphatic carbocycles. The first-order valence-electron chi connectivity index (χ1n) is 10.00. The molecule has 1 amide bonds. The number of carbonyl (C=O) groups is 1. The van der Waals surface area contributed by atoms with E-state index in [-0.39, 0.29) is 11.3 Å². The molecule has 0 unspecified atom stereocenters. The van der Waals surface area contributed by atoms with E-state index in [1.54, 1.807) is 6.07 Å². The molecule has 1 aromatic carbocycles. The van der Waals surface area contributed by atoms with Crippen molar-refractivity contribution in [2.75, 3.05) is 13.1 Å². The molecule has 0 radical (unpaired) electrons. The lowest BCUT2D eigenvalue weighted by Gasteiger charge is -2.52. The molecule has 146 valence electrons. The average Bonchev–Trinajstić information content (AvgIpc) is 2.56. The summed E-state index contributed by atoms with van der Waals surface area (Å²) in [4.78, 5) is 13.9. The predicted molar refractivity (Wildman–Crippen MR) is 107 cm³/mol. The van der Waals surface area contributed by atoms with Crippen LogP contribution in [-0.4, -0.2) is 35.0 Å². The fraction of sp³-hybridized carbons (Fsp3) is 0.682. The van der Waals surface area contributed by atoms with E-state index in [1.165, 1.54) is 11.1 Å². The number of aromatic hydroxyl groups is 1. The third kappa shape index (κ3) is 4.40. The third-order valence-electron chi connectivity index (χ3n) is 6.42. The Morgan fingerprint density at radius 2 is 2.08 bits per heavy atom. The third-order valence-corrected chi connectivity index (χ3v) is 6.42. The van der Waals surface area contributed by atoms with Crippen LogP contribution >= 0.6 is 0 Å². The zero-order chi connectivity index (χ0) is 19.5. The van der Waals surface area contributed by atoms with Gasteiger partial charge in [0.05, 0.1) is 0 Å². The molecular formula is C22H36N2O2. The highest BCUT2D eigenvalue weighted by molar-refractivity contribution is 5.73. The van der Waals surface area contributed by atoms with E-state index >= 15 is 0 Å². The number of aryl methyl sites for hydroxylation is 1. The molecule has 0 spiro atoms. The first-order chi connectivity index (χ1) is 12.2. The number of likely N-dealkylation sites (tertiary alicyclic amines) is 1. The Morgan fingerprint density at radius 1 is 1.38 bits per heavy atom. The van der Waals surface area contributed by atoms with Gasteiger partial charge < -0.3 is 15.7 Å². The molecule has 26 heavy (non-hydrogen) atoms. The molecule has 0 saturated carbocycles. The highest BCUT2D eigenvalue weighted by Crippen LogP contribution is 2.48. The predicted octanol–water partition coefficient (Wildman–Crippen LogP) is 3.98. The monoisotopic (exact) mass is 360 g/mol. The number of nitrogens with zero attached hydrogens (tertiary/aromatic N) is 1. The van der Waals surface area contributed by atoms with Gasteiger partial charge in [0.1, 0.15) is 5.75 Å². The normalized spacial score (nSPS) is 27.0. The number of rotatable bonds is 7. The van der Waals surface area contributed by atoms with Crippen LogP contribution in [0.15, 0.2) is 18.2 Å². The summed E-state index contributed by atoms with van der Waals surface area (Å²) in [5, 5.41) is 10.1. The van der Waals surface area contributed by atoms with Crippen LogP contribution in [0.3, 0.4) is 0 Å². The van der Waals surface area contributed by atoms with Crippen LogP contribution in [0.2, 0.25) is 0 Å². The first-order valence-corrected chi connectivity index (χ1v) is 10.00. The Hall–Kier alpha value is -1.55. The van der Waals surface area contributed by atoms with Gasteiger partial charge in [0, 0.05) is 24.4 Å². The van der Waals surface area contributed by atoms with Gasteiger partial charge in [-0.25, -0.2) is 0 Å². The molecule has 3 atom stereocenters. The van der Waals surface area contributed by atoms with Crippen molar-refractivity contribution in [2.24, 2.45) is 17.6 Å². The molecule has 1 aliphatic heterocycles. The second kappa shape index (κ2) is 8.43. The zero-order valence-electron chi connectivity index (χ0n) is 17.1. The summed E-state index contributed by atoms with van der Waals surface area (Å²) >= 11 is 0. The molecule has 1 heterocycles. The number of hydrogen-bond donors (Lipinski definition) is 2. The summed E-state index contributed by atoms with van der Waals surface area (Å²) in [7, 11) is 0. The number of benzene rings is 1. The summed E-state index contributed by atoms with van der Waals surface area (Å²) in [6, 6.07) is 6.18. The highest BCUT2D eigenvalue weighted by Gasteiger charge is 2.45. The number of carbonyl (C=O) groups excluding carboxylic acids is 1. The quantitative estimate of drug-likeness (QED) is 0.773. The molecule has 1 saturated heterocycles. The van der Waals surface area contributed by atoms with Crippen molar-refractivity contribution in [3.8, 4) is 5.75 Å². The SMILES string of the molecule is Cc1ccc(O)cc1[C@]1(CCCC(N)=O)CCN(CC(C)C)[C@H](C)[C@@H]1C. The molecule has 4 heteroatoms. The van der Waals surface area contributed by atoms with Crippen LogP contribution in [0, 0.1) is 18.8 Å². The van der Waals surface area contributed by atoms with Crippen LogP contribution in [0.25, 0.3) is 0 Å². The van der Waals surface area contributed by atoms with Crippen molar-refractivity contribution in [3.05, 3.63) is 29.3 Å². The van der Waals surface area contributed by atoms with Gasteiger partial charge in [-0.05, 0) is 74.8 Å². The minimum absolute atomic E-state index is 0.0226. The van der Waals surface area contributed by atoms with Gasteiger partial charge in [0.2, 0.25) is 5.91 Å². The van der Waals surface area contributed by atoms with Crippen molar-refractivity contribution in [3.63, 3.8) is 0 Å². The Balaban J connectivity index is 2.38. The molecule has 2 rings (SSSR count). The molecule has 3 N–H and O–H groups in total. The van der Waals surface area contributed by atoms with Crippen molar-refractivity contribution in [1.82, 2.24) is 4.90 Å². The topological polar surface area (TPSA) is 66.6 Å². The van der Waals surface area contributed by atoms with Crippen molar-refractivity contribution in [1.29, 1.82) is 0 Å². The van der Waals surface area contributed by atoms with Gasteiger partial charge in [-0.15, -0.1) is 0 Å². The Labute approximate surface area is 158 Å². The molecular weight excluding hydrogens is 324 g/mol. The second-order valence-electron chi connectivity index (χ2n) is 8.64. The lowest BCUT2D eigenvalue weighted by molar-refractivity contribution is -0.118. The van der Waals surface area contributed by atoms with Crippen LogP contribution in [0.4, 0.5) is 0 Å². The van der Waals surface area contributed by atoms with Gasteiger partial charge in [0.25, 0.3) is 0 Å². The van der Waals surface area contributed by atoms with E-state index in [0.29, 0.717) is 30.0 Å². The van der Waals surface area contributed by atoms with E-state index in [0.717, 1.165) is 32.4 Å². The van der Waals surface area contributed by atoms with Gasteiger partial charge in [-0.2, -0.15) is 0 Å². The molecule has 0 aromatic heterocycles. The minimum Gasteiger partial charge on any atom is -0.508 e. The molecule has 1 aromatic rings. The van der Waals surface area contributed by atoms with Crippen LogP contribution in [0.5, 0.6) is 5.75 Å². The minimum atomic E-state index is -0.231. The fourth-order valence-corrected chi connectivity index (χ4v) is 4.87. The molecule has 1 aliphatic rings. The maximum atomic E-state index is 11.3. The average molecular weight is 361 g/mol. The molecule has 1 fully saturated rings. The van der Waals surface area contributed by atoms with E-state index in [1.807, 2.05) is 12.1 Å². The van der Waals surface area contributed by atoms with Crippen molar-refractivity contribution >= 4 is 5.91 Å². The van der Waals surface area contributed by atoms with E-state index in [2.05, 4.69) is 39.5 Å². The summed E-state index contributed by atoms with van der Waals surface area (Å²) in [5.41, 5.74) is 7.83. The van der Waals surface area contributed by atoms with Gasteiger partial charge in [-0.3, -0.25) is 4.79 Å². The number of phenolic OH excluding ortho intramolecular Hbond substituents is 1. The van der Waals surface area contributed by atoms with Crippen molar-refractivity contribution < 1.29 is 9.90 Å². The Kier molecular flexibility index (Phi) is 6.73. The van der Waals surface area contributed by atoms with Crippen molar-refractivity contribution in [2.45, 2.75) is 71.8 Å². The maximum Gasteiger partial charge on any atom is 0.217 e.